The third-order valence-electron chi connectivity index (χ3n) is 3.42. The molecular formula is C13H14ClN5O2S. The lowest BCUT2D eigenvalue weighted by atomic mass is 10.1. The zero-order chi connectivity index (χ0) is 15.7. The molecule has 3 rings (SSSR count). The van der Waals surface area contributed by atoms with Crippen LogP contribution in [0.2, 0.25) is 4.34 Å². The summed E-state index contributed by atoms with van der Waals surface area (Å²) in [5, 5.41) is 14.7. The first-order valence-corrected chi connectivity index (χ1v) is 7.85. The Balaban J connectivity index is 1.55. The molecule has 0 saturated heterocycles. The number of aryl methyl sites for hydroxylation is 1. The minimum absolute atomic E-state index is 0.220. The molecule has 0 spiro atoms. The van der Waals surface area contributed by atoms with Crippen molar-refractivity contribution in [1.82, 2.24) is 20.1 Å². The molecule has 9 heteroatoms. The van der Waals surface area contributed by atoms with Gasteiger partial charge in [0.1, 0.15) is 11.5 Å². The lowest BCUT2D eigenvalue weighted by molar-refractivity contribution is -0.131. The van der Waals surface area contributed by atoms with Crippen LogP contribution < -0.4 is 5.32 Å². The van der Waals surface area contributed by atoms with E-state index in [0.717, 1.165) is 16.4 Å². The number of rotatable bonds is 4. The van der Waals surface area contributed by atoms with E-state index in [4.69, 9.17) is 16.4 Å². The molecule has 1 atom stereocenters. The Morgan fingerprint density at radius 1 is 1.55 bits per heavy atom. The number of carbonyl (C=O) groups is 1. The Bertz CT molecular complexity index is 739. The second kappa shape index (κ2) is 6.05. The van der Waals surface area contributed by atoms with Crippen LogP contribution >= 0.6 is 22.9 Å². The molecule has 0 bridgehead atoms. The maximum absolute atomic E-state index is 12.1. The summed E-state index contributed by atoms with van der Waals surface area (Å²) in [7, 11) is 1.85. The number of hydrogen-bond acceptors (Lipinski definition) is 6. The van der Waals surface area contributed by atoms with Crippen LogP contribution in [0.15, 0.2) is 17.3 Å². The van der Waals surface area contributed by atoms with E-state index >= 15 is 0 Å². The van der Waals surface area contributed by atoms with Gasteiger partial charge in [0, 0.05) is 13.5 Å². The number of halogens is 1. The number of thiophene rings is 1. The van der Waals surface area contributed by atoms with Gasteiger partial charge in [0.05, 0.1) is 15.8 Å². The van der Waals surface area contributed by atoms with E-state index in [0.29, 0.717) is 23.1 Å². The first-order valence-electron chi connectivity index (χ1n) is 6.65. The smallest absolute Gasteiger partial charge is 0.264 e. The molecule has 7 nitrogen and oxygen atoms in total. The van der Waals surface area contributed by atoms with E-state index in [1.807, 2.05) is 24.6 Å². The van der Waals surface area contributed by atoms with Crippen molar-refractivity contribution in [3.8, 4) is 0 Å². The van der Waals surface area contributed by atoms with Crippen molar-refractivity contribution in [2.24, 2.45) is 12.2 Å². The number of nitrogens with zero attached hydrogens (tertiary/aromatic N) is 4. The molecule has 2 aromatic rings. The zero-order valence-corrected chi connectivity index (χ0v) is 13.6. The van der Waals surface area contributed by atoms with E-state index < -0.39 is 6.10 Å². The summed E-state index contributed by atoms with van der Waals surface area (Å²) in [5.41, 5.74) is 0.742. The molecule has 0 aliphatic carbocycles. The number of aromatic nitrogens is 3. The Labute approximate surface area is 135 Å². The van der Waals surface area contributed by atoms with Gasteiger partial charge in [-0.2, -0.15) is 0 Å². The summed E-state index contributed by atoms with van der Waals surface area (Å²) in [6, 6.07) is 3.67. The molecule has 1 amide bonds. The quantitative estimate of drug-likeness (QED) is 0.918. The van der Waals surface area contributed by atoms with Crippen molar-refractivity contribution in [1.29, 1.82) is 0 Å². The van der Waals surface area contributed by atoms with E-state index in [9.17, 15) is 4.79 Å². The number of oxime groups is 1. The van der Waals surface area contributed by atoms with Gasteiger partial charge >= 0.3 is 0 Å². The Hall–Kier alpha value is -1.93. The summed E-state index contributed by atoms with van der Waals surface area (Å²) in [5.74, 6) is 1.26. The third-order valence-corrected chi connectivity index (χ3v) is 4.70. The van der Waals surface area contributed by atoms with Gasteiger partial charge in [0.15, 0.2) is 5.82 Å². The summed E-state index contributed by atoms with van der Waals surface area (Å²) in [4.78, 5) is 18.3. The second-order valence-corrected chi connectivity index (χ2v) is 6.60. The highest BCUT2D eigenvalue weighted by Gasteiger charge is 2.29. The van der Waals surface area contributed by atoms with Crippen LogP contribution in [0.5, 0.6) is 0 Å². The predicted octanol–water partition coefficient (Wildman–Crippen LogP) is 1.65. The van der Waals surface area contributed by atoms with Crippen molar-refractivity contribution in [3.63, 3.8) is 0 Å². The topological polar surface area (TPSA) is 81.4 Å². The van der Waals surface area contributed by atoms with Gasteiger partial charge < -0.3 is 14.7 Å². The molecule has 116 valence electrons. The second-order valence-electron chi connectivity index (χ2n) is 4.88. The molecule has 1 aliphatic heterocycles. The van der Waals surface area contributed by atoms with Crippen molar-refractivity contribution >= 4 is 34.6 Å². The number of carbonyl (C=O) groups excluding carboxylic acids is 1. The zero-order valence-electron chi connectivity index (χ0n) is 12.0. The van der Waals surface area contributed by atoms with Crippen LogP contribution in [0.4, 0.5) is 0 Å². The fourth-order valence-corrected chi connectivity index (χ4v) is 3.05. The van der Waals surface area contributed by atoms with Crippen molar-refractivity contribution in [2.75, 3.05) is 0 Å². The molecule has 3 heterocycles. The number of amides is 1. The van der Waals surface area contributed by atoms with Gasteiger partial charge in [0.25, 0.3) is 5.91 Å². The standard InChI is InChI=1S/C13H14ClN5O2S/c1-7-16-17-12(19(7)2)6-15-13(20)9-5-8(18-21-9)10-3-4-11(14)22-10/h3-4,9H,5-6H2,1-2H3,(H,15,20)/t9-/m0/s1. The molecule has 2 aromatic heterocycles. The lowest BCUT2D eigenvalue weighted by Gasteiger charge is -2.09. The van der Waals surface area contributed by atoms with E-state index in [-0.39, 0.29) is 5.91 Å². The van der Waals surface area contributed by atoms with Crippen LogP contribution in [0.3, 0.4) is 0 Å². The van der Waals surface area contributed by atoms with Crippen molar-refractivity contribution in [2.45, 2.75) is 26.0 Å². The number of hydrogen-bond donors (Lipinski definition) is 1. The normalized spacial score (nSPS) is 17.2. The highest BCUT2D eigenvalue weighted by Crippen LogP contribution is 2.26. The highest BCUT2D eigenvalue weighted by atomic mass is 35.5. The predicted molar refractivity (Wildman–Crippen MR) is 82.9 cm³/mol. The maximum Gasteiger partial charge on any atom is 0.264 e. The molecular weight excluding hydrogens is 326 g/mol. The van der Waals surface area contributed by atoms with Gasteiger partial charge in [-0.3, -0.25) is 4.79 Å². The molecule has 1 aliphatic rings. The van der Waals surface area contributed by atoms with Gasteiger partial charge in [-0.15, -0.1) is 21.5 Å². The lowest BCUT2D eigenvalue weighted by Crippen LogP contribution is -2.35. The molecule has 0 saturated carbocycles. The van der Waals surface area contributed by atoms with Crippen LogP contribution in [0, 0.1) is 6.92 Å². The molecule has 0 unspecified atom stereocenters. The fourth-order valence-electron chi connectivity index (χ4n) is 2.02. The third kappa shape index (κ3) is 2.97. The minimum atomic E-state index is -0.620. The van der Waals surface area contributed by atoms with E-state index in [1.54, 1.807) is 6.07 Å². The largest absolute Gasteiger partial charge is 0.382 e. The Kier molecular flexibility index (Phi) is 4.12. The van der Waals surface area contributed by atoms with Crippen LogP contribution in [0.1, 0.15) is 22.9 Å². The van der Waals surface area contributed by atoms with Crippen LogP contribution in [-0.2, 0) is 23.2 Å². The summed E-state index contributed by atoms with van der Waals surface area (Å²) >= 11 is 7.32. The van der Waals surface area contributed by atoms with Crippen LogP contribution in [-0.4, -0.2) is 32.5 Å². The fraction of sp³-hybridized carbons (Fsp3) is 0.385. The first-order chi connectivity index (χ1) is 10.5. The van der Waals surface area contributed by atoms with Gasteiger partial charge in [-0.25, -0.2) is 0 Å². The van der Waals surface area contributed by atoms with Crippen molar-refractivity contribution < 1.29 is 9.63 Å². The molecule has 22 heavy (non-hydrogen) atoms. The van der Waals surface area contributed by atoms with Crippen molar-refractivity contribution in [3.05, 3.63) is 33.0 Å². The minimum Gasteiger partial charge on any atom is -0.382 e. The van der Waals surface area contributed by atoms with E-state index in [1.165, 1.54) is 11.3 Å². The summed E-state index contributed by atoms with van der Waals surface area (Å²) < 4.78 is 2.51. The monoisotopic (exact) mass is 339 g/mol. The number of nitrogens with one attached hydrogen (secondary N) is 1. The van der Waals surface area contributed by atoms with Gasteiger partial charge in [-0.05, 0) is 19.1 Å². The van der Waals surface area contributed by atoms with E-state index in [2.05, 4.69) is 20.7 Å². The average Bonchev–Trinajstić information content (AvgIpc) is 3.20. The van der Waals surface area contributed by atoms with Gasteiger partial charge in [0.2, 0.25) is 6.10 Å². The molecule has 0 aromatic carbocycles. The molecule has 0 radical (unpaired) electrons. The summed E-state index contributed by atoms with van der Waals surface area (Å²) in [6.07, 6.45) is -0.189. The Morgan fingerprint density at radius 2 is 2.36 bits per heavy atom. The maximum atomic E-state index is 12.1. The van der Waals surface area contributed by atoms with Gasteiger partial charge in [-0.1, -0.05) is 16.8 Å². The summed E-state index contributed by atoms with van der Waals surface area (Å²) in [6.45, 7) is 2.15. The SMILES string of the molecule is Cc1nnc(CNC(=O)[C@@H]2CC(c3ccc(Cl)s3)=NO2)n1C. The average molecular weight is 340 g/mol. The Morgan fingerprint density at radius 3 is 3.00 bits per heavy atom. The highest BCUT2D eigenvalue weighted by molar-refractivity contribution is 7.18. The molecule has 1 N–H and O–H groups in total. The first kappa shape index (κ1) is 15.0. The molecule has 0 fully saturated rings. The van der Waals surface area contributed by atoms with Crippen LogP contribution in [0.25, 0.3) is 0 Å².